The van der Waals surface area contributed by atoms with Crippen molar-refractivity contribution in [2.45, 2.75) is 26.3 Å². The van der Waals surface area contributed by atoms with Gasteiger partial charge in [0.15, 0.2) is 5.78 Å². The summed E-state index contributed by atoms with van der Waals surface area (Å²) in [7, 11) is 3.21. The Hall–Kier alpha value is -2.33. The van der Waals surface area contributed by atoms with Crippen molar-refractivity contribution >= 4 is 5.78 Å². The summed E-state index contributed by atoms with van der Waals surface area (Å²) >= 11 is 0. The zero-order valence-corrected chi connectivity index (χ0v) is 15.8. The highest BCUT2D eigenvalue weighted by molar-refractivity contribution is 6.00. The molecule has 138 valence electrons. The molecule has 1 heterocycles. The van der Waals surface area contributed by atoms with E-state index in [2.05, 4.69) is 36.1 Å². The Kier molecular flexibility index (Phi) is 5.94. The predicted octanol–water partition coefficient (Wildman–Crippen LogP) is 4.11. The molecule has 1 aliphatic heterocycles. The van der Waals surface area contributed by atoms with Gasteiger partial charge in [-0.2, -0.15) is 0 Å². The lowest BCUT2D eigenvalue weighted by Crippen LogP contribution is -2.38. The number of benzene rings is 2. The standard InChI is InChI=1S/C22H27NO3/c1-16-7-4-5-8-17(16)14-23-12-6-9-18(15-23)22(24)20-11-10-19(25-2)13-21(20)26-3/h4-5,7-8,10-11,13,18H,6,9,12,14-15H2,1-3H3. The number of carbonyl (C=O) groups excluding carboxylic acids is 1. The third-order valence-corrected chi connectivity index (χ3v) is 5.21. The SMILES string of the molecule is COc1ccc(C(=O)C2CCCN(Cc3ccccc3C)C2)c(OC)c1. The van der Waals surface area contributed by atoms with Crippen LogP contribution in [0.3, 0.4) is 0 Å². The summed E-state index contributed by atoms with van der Waals surface area (Å²) in [6, 6.07) is 13.9. The second-order valence-electron chi connectivity index (χ2n) is 6.93. The van der Waals surface area contributed by atoms with Crippen LogP contribution in [-0.4, -0.2) is 38.0 Å². The first kappa shape index (κ1) is 18.5. The molecule has 4 heteroatoms. The van der Waals surface area contributed by atoms with Gasteiger partial charge in [-0.05, 0) is 49.6 Å². The number of likely N-dealkylation sites (tertiary alicyclic amines) is 1. The van der Waals surface area contributed by atoms with Gasteiger partial charge in [0.25, 0.3) is 0 Å². The molecule has 0 radical (unpaired) electrons. The highest BCUT2D eigenvalue weighted by Crippen LogP contribution is 2.30. The van der Waals surface area contributed by atoms with E-state index in [4.69, 9.17) is 9.47 Å². The Bertz CT molecular complexity index is 772. The quantitative estimate of drug-likeness (QED) is 0.733. The molecule has 26 heavy (non-hydrogen) atoms. The molecule has 0 bridgehead atoms. The molecule has 0 spiro atoms. The van der Waals surface area contributed by atoms with Gasteiger partial charge in [-0.1, -0.05) is 24.3 Å². The number of hydrogen-bond donors (Lipinski definition) is 0. The van der Waals surface area contributed by atoms with Crippen LogP contribution < -0.4 is 9.47 Å². The van der Waals surface area contributed by atoms with Crippen LogP contribution >= 0.6 is 0 Å². The van der Waals surface area contributed by atoms with Gasteiger partial charge in [0, 0.05) is 25.1 Å². The summed E-state index contributed by atoms with van der Waals surface area (Å²) in [6.45, 7) is 4.88. The van der Waals surface area contributed by atoms with E-state index in [1.54, 1.807) is 20.3 Å². The molecule has 1 saturated heterocycles. The van der Waals surface area contributed by atoms with Crippen molar-refractivity contribution in [3.05, 3.63) is 59.2 Å². The molecule has 0 saturated carbocycles. The molecule has 2 aromatic carbocycles. The minimum absolute atomic E-state index is 0.00932. The van der Waals surface area contributed by atoms with E-state index in [9.17, 15) is 4.79 Å². The number of hydrogen-bond acceptors (Lipinski definition) is 4. The van der Waals surface area contributed by atoms with Crippen molar-refractivity contribution < 1.29 is 14.3 Å². The summed E-state index contributed by atoms with van der Waals surface area (Å²) < 4.78 is 10.7. The van der Waals surface area contributed by atoms with E-state index in [0.29, 0.717) is 17.1 Å². The number of ether oxygens (including phenoxy) is 2. The predicted molar refractivity (Wildman–Crippen MR) is 103 cm³/mol. The number of rotatable bonds is 6. The second kappa shape index (κ2) is 8.37. The van der Waals surface area contributed by atoms with Crippen LogP contribution in [-0.2, 0) is 6.54 Å². The second-order valence-corrected chi connectivity index (χ2v) is 6.93. The molecule has 0 N–H and O–H groups in total. The summed E-state index contributed by atoms with van der Waals surface area (Å²) in [6.07, 6.45) is 1.97. The van der Waals surface area contributed by atoms with Gasteiger partial charge in [-0.15, -0.1) is 0 Å². The Morgan fingerprint density at radius 2 is 1.96 bits per heavy atom. The van der Waals surface area contributed by atoms with E-state index in [0.717, 1.165) is 32.5 Å². The highest BCUT2D eigenvalue weighted by Gasteiger charge is 2.28. The normalized spacial score (nSPS) is 17.7. The van der Waals surface area contributed by atoms with Crippen LogP contribution in [0.25, 0.3) is 0 Å². The van der Waals surface area contributed by atoms with Crippen LogP contribution in [0.5, 0.6) is 11.5 Å². The number of methoxy groups -OCH3 is 2. The fourth-order valence-electron chi connectivity index (χ4n) is 3.66. The zero-order chi connectivity index (χ0) is 18.5. The summed E-state index contributed by atoms with van der Waals surface area (Å²) in [5.74, 6) is 1.46. The molecule has 1 unspecified atom stereocenters. The lowest BCUT2D eigenvalue weighted by molar-refractivity contribution is 0.0808. The van der Waals surface area contributed by atoms with E-state index in [1.165, 1.54) is 11.1 Å². The molecule has 0 aliphatic carbocycles. The van der Waals surface area contributed by atoms with E-state index >= 15 is 0 Å². The molecule has 0 aromatic heterocycles. The summed E-state index contributed by atoms with van der Waals surface area (Å²) in [4.78, 5) is 15.5. The average molecular weight is 353 g/mol. The van der Waals surface area contributed by atoms with Gasteiger partial charge < -0.3 is 9.47 Å². The smallest absolute Gasteiger partial charge is 0.170 e. The van der Waals surface area contributed by atoms with Crippen molar-refractivity contribution in [2.75, 3.05) is 27.3 Å². The monoisotopic (exact) mass is 353 g/mol. The van der Waals surface area contributed by atoms with Gasteiger partial charge in [0.2, 0.25) is 0 Å². The Labute approximate surface area is 155 Å². The first-order chi connectivity index (χ1) is 12.6. The number of piperidine rings is 1. The fourth-order valence-corrected chi connectivity index (χ4v) is 3.66. The fraction of sp³-hybridized carbons (Fsp3) is 0.409. The summed E-state index contributed by atoms with van der Waals surface area (Å²) in [5, 5.41) is 0. The topological polar surface area (TPSA) is 38.8 Å². The molecule has 1 atom stereocenters. The van der Waals surface area contributed by atoms with Crippen molar-refractivity contribution in [3.8, 4) is 11.5 Å². The molecule has 3 rings (SSSR count). The average Bonchev–Trinajstić information content (AvgIpc) is 2.69. The van der Waals surface area contributed by atoms with Crippen LogP contribution in [0.4, 0.5) is 0 Å². The largest absolute Gasteiger partial charge is 0.497 e. The maximum atomic E-state index is 13.1. The van der Waals surface area contributed by atoms with Crippen molar-refractivity contribution in [3.63, 3.8) is 0 Å². The number of ketones is 1. The number of Topliss-reactive ketones (excluding diaryl/α,β-unsaturated/α-hetero) is 1. The lowest BCUT2D eigenvalue weighted by atomic mass is 9.89. The van der Waals surface area contributed by atoms with E-state index in [-0.39, 0.29) is 11.7 Å². The number of carbonyl (C=O) groups is 1. The van der Waals surface area contributed by atoms with Gasteiger partial charge in [-0.3, -0.25) is 9.69 Å². The van der Waals surface area contributed by atoms with Gasteiger partial charge in [-0.25, -0.2) is 0 Å². The Morgan fingerprint density at radius 1 is 1.15 bits per heavy atom. The minimum atomic E-state index is 0.00932. The molecular formula is C22H27NO3. The van der Waals surface area contributed by atoms with Crippen LogP contribution in [0.2, 0.25) is 0 Å². The highest BCUT2D eigenvalue weighted by atomic mass is 16.5. The first-order valence-corrected chi connectivity index (χ1v) is 9.15. The third-order valence-electron chi connectivity index (χ3n) is 5.21. The van der Waals surface area contributed by atoms with Gasteiger partial charge in [0.05, 0.1) is 19.8 Å². The maximum Gasteiger partial charge on any atom is 0.170 e. The first-order valence-electron chi connectivity index (χ1n) is 9.15. The molecule has 1 aliphatic rings. The molecule has 1 fully saturated rings. The van der Waals surface area contributed by atoms with Gasteiger partial charge >= 0.3 is 0 Å². The molecule has 4 nitrogen and oxygen atoms in total. The van der Waals surface area contributed by atoms with Crippen molar-refractivity contribution in [2.24, 2.45) is 5.92 Å². The maximum absolute atomic E-state index is 13.1. The molecular weight excluding hydrogens is 326 g/mol. The minimum Gasteiger partial charge on any atom is -0.497 e. The van der Waals surface area contributed by atoms with Crippen LogP contribution in [0, 0.1) is 12.8 Å². The third kappa shape index (κ3) is 4.07. The summed E-state index contributed by atoms with van der Waals surface area (Å²) in [5.41, 5.74) is 3.29. The van der Waals surface area contributed by atoms with Gasteiger partial charge in [0.1, 0.15) is 11.5 Å². The van der Waals surface area contributed by atoms with Crippen molar-refractivity contribution in [1.82, 2.24) is 4.90 Å². The zero-order valence-electron chi connectivity index (χ0n) is 15.8. The number of nitrogens with zero attached hydrogens (tertiary/aromatic N) is 1. The van der Waals surface area contributed by atoms with Crippen LogP contribution in [0.1, 0.15) is 34.3 Å². The molecule has 0 amide bonds. The van der Waals surface area contributed by atoms with Crippen molar-refractivity contribution in [1.29, 1.82) is 0 Å². The Balaban J connectivity index is 1.73. The number of aryl methyl sites for hydroxylation is 1. The van der Waals surface area contributed by atoms with E-state index in [1.807, 2.05) is 12.1 Å². The van der Waals surface area contributed by atoms with Crippen LogP contribution in [0.15, 0.2) is 42.5 Å². The lowest BCUT2D eigenvalue weighted by Gasteiger charge is -2.32. The molecule has 2 aromatic rings. The Morgan fingerprint density at radius 3 is 2.69 bits per heavy atom. The van der Waals surface area contributed by atoms with E-state index < -0.39 is 0 Å².